The Morgan fingerprint density at radius 2 is 1.43 bits per heavy atom. The van der Waals surface area contributed by atoms with E-state index < -0.39 is 29.1 Å². The molecule has 11 nitrogen and oxygen atoms in total. The number of aliphatic hydroxyl groups excluding tert-OH is 2. The van der Waals surface area contributed by atoms with Crippen molar-refractivity contribution < 1.29 is 38.9 Å². The molecule has 5 rings (SSSR count). The van der Waals surface area contributed by atoms with Gasteiger partial charge in [0.15, 0.2) is 0 Å². The van der Waals surface area contributed by atoms with Crippen molar-refractivity contribution in [3.8, 4) is 22.4 Å². The van der Waals surface area contributed by atoms with E-state index in [-0.39, 0.29) is 50.8 Å². The molecule has 0 spiro atoms. The smallest absolute Gasteiger partial charge is 0.308 e. The third-order valence-corrected chi connectivity index (χ3v) is 8.75. The highest BCUT2D eigenvalue weighted by atomic mass is 19.1. The quantitative estimate of drug-likeness (QED) is 0.0502. The molecule has 5 aromatic rings. The van der Waals surface area contributed by atoms with E-state index >= 15 is 0 Å². The zero-order valence-electron chi connectivity index (χ0n) is 29.5. The molecular weight excluding hydrogens is 681 g/mol. The summed E-state index contributed by atoms with van der Waals surface area (Å²) in [5, 5.41) is 34.6. The Bertz CT molecular complexity index is 2000. The lowest BCUT2D eigenvalue weighted by atomic mass is 9.94. The summed E-state index contributed by atoms with van der Waals surface area (Å²) in [5.74, 6) is -1.59. The summed E-state index contributed by atoms with van der Waals surface area (Å²) in [7, 11) is 0. The van der Waals surface area contributed by atoms with Crippen LogP contribution in [0.2, 0.25) is 0 Å². The molecule has 0 unspecified atom stereocenters. The van der Waals surface area contributed by atoms with Gasteiger partial charge in [-0.05, 0) is 77.4 Å². The van der Waals surface area contributed by atoms with E-state index in [1.807, 2.05) is 66.9 Å². The maximum Gasteiger partial charge on any atom is 0.308 e. The normalized spacial score (nSPS) is 12.3. The average Bonchev–Trinajstić information content (AvgIpc) is 3.49. The van der Waals surface area contributed by atoms with Crippen LogP contribution in [0.1, 0.15) is 66.2 Å². The lowest BCUT2D eigenvalue weighted by Gasteiger charge is -2.20. The molecule has 0 fully saturated rings. The average molecular weight is 724 g/mol. The highest BCUT2D eigenvalue weighted by Crippen LogP contribution is 2.42. The minimum atomic E-state index is -1.22. The number of hydrogen-bond donors (Lipinski definition) is 3. The summed E-state index contributed by atoms with van der Waals surface area (Å²) in [6, 6.07) is 31.3. The number of carbonyl (C=O) groups is 2. The van der Waals surface area contributed by atoms with E-state index in [0.717, 1.165) is 11.3 Å². The molecule has 276 valence electrons. The van der Waals surface area contributed by atoms with Crippen LogP contribution in [0.5, 0.6) is 0 Å². The van der Waals surface area contributed by atoms with Gasteiger partial charge in [-0.2, -0.15) is 0 Å². The van der Waals surface area contributed by atoms with Gasteiger partial charge in [0.2, 0.25) is 0 Å². The van der Waals surface area contributed by atoms with Crippen LogP contribution in [0.3, 0.4) is 0 Å². The van der Waals surface area contributed by atoms with E-state index in [2.05, 4.69) is 10.2 Å². The van der Waals surface area contributed by atoms with Gasteiger partial charge < -0.3 is 29.7 Å². The number of benzene rings is 4. The molecule has 12 heteroatoms. The maximum absolute atomic E-state index is 14.2. The van der Waals surface area contributed by atoms with E-state index in [9.17, 15) is 34.3 Å². The van der Waals surface area contributed by atoms with Crippen molar-refractivity contribution in [2.24, 2.45) is 0 Å². The molecule has 2 atom stereocenters. The summed E-state index contributed by atoms with van der Waals surface area (Å²) in [4.78, 5) is 41.9. The molecule has 3 N–H and O–H groups in total. The molecular formula is C41H42FN3O8. The van der Waals surface area contributed by atoms with Gasteiger partial charge in [-0.25, -0.2) is 4.39 Å². The molecule has 4 aromatic carbocycles. The first-order chi connectivity index (χ1) is 25.5. The van der Waals surface area contributed by atoms with Gasteiger partial charge in [0.05, 0.1) is 29.9 Å². The van der Waals surface area contributed by atoms with Crippen LogP contribution in [-0.2, 0) is 34.1 Å². The SMILES string of the molecule is CC(C)c1c(C(=O)Nc2ccccc2)c(-c2ccccc2)c(-c2ccc(F)cc2)n1CC[C@H](O)C[C@H](O)CC(=O)OCc1ccccc1CO[N+](=O)[O-]. The van der Waals surface area contributed by atoms with Crippen LogP contribution in [0.15, 0.2) is 109 Å². The first kappa shape index (κ1) is 38.4. The number of hydrogen-bond acceptors (Lipinski definition) is 8. The summed E-state index contributed by atoms with van der Waals surface area (Å²) in [6.45, 7) is 3.72. The monoisotopic (exact) mass is 723 g/mol. The lowest BCUT2D eigenvalue weighted by molar-refractivity contribution is -0.763. The number of nitrogens with one attached hydrogen (secondary N) is 1. The first-order valence-electron chi connectivity index (χ1n) is 17.3. The third kappa shape index (κ3) is 10.1. The molecule has 1 heterocycles. The zero-order valence-corrected chi connectivity index (χ0v) is 29.5. The van der Waals surface area contributed by atoms with Crippen LogP contribution in [-0.4, -0.2) is 44.0 Å². The number of aromatic nitrogens is 1. The summed E-state index contributed by atoms with van der Waals surface area (Å²) in [6.07, 6.45) is -2.60. The number of carbonyl (C=O) groups excluding carboxylic acids is 2. The number of amides is 1. The van der Waals surface area contributed by atoms with Crippen LogP contribution in [0.4, 0.5) is 10.1 Å². The Labute approximate surface area is 306 Å². The molecule has 0 saturated carbocycles. The fraction of sp³-hybridized carbons (Fsp3) is 0.268. The van der Waals surface area contributed by atoms with Crippen molar-refractivity contribution in [2.45, 2.75) is 71.0 Å². The molecule has 0 aliphatic carbocycles. The Morgan fingerprint density at radius 1 is 0.830 bits per heavy atom. The molecule has 0 aliphatic rings. The van der Waals surface area contributed by atoms with E-state index in [4.69, 9.17) is 4.74 Å². The highest BCUT2D eigenvalue weighted by Gasteiger charge is 2.31. The fourth-order valence-electron chi connectivity index (χ4n) is 6.37. The molecule has 1 amide bonds. The molecule has 0 saturated heterocycles. The van der Waals surface area contributed by atoms with Crippen LogP contribution in [0, 0.1) is 15.9 Å². The van der Waals surface area contributed by atoms with Gasteiger partial charge in [-0.15, -0.1) is 10.1 Å². The van der Waals surface area contributed by atoms with Crippen molar-refractivity contribution in [1.29, 1.82) is 0 Å². The number of aliphatic hydroxyl groups is 2. The highest BCUT2D eigenvalue weighted by molar-refractivity contribution is 6.12. The van der Waals surface area contributed by atoms with Crippen molar-refractivity contribution in [2.75, 3.05) is 5.32 Å². The van der Waals surface area contributed by atoms with E-state index in [0.29, 0.717) is 39.2 Å². The van der Waals surface area contributed by atoms with Crippen LogP contribution >= 0.6 is 0 Å². The number of anilines is 1. The largest absolute Gasteiger partial charge is 0.461 e. The van der Waals surface area contributed by atoms with Crippen molar-refractivity contribution in [1.82, 2.24) is 4.57 Å². The number of rotatable bonds is 17. The van der Waals surface area contributed by atoms with Crippen LogP contribution < -0.4 is 5.32 Å². The maximum atomic E-state index is 14.2. The van der Waals surface area contributed by atoms with E-state index in [1.165, 1.54) is 12.1 Å². The molecule has 0 bridgehead atoms. The zero-order chi connectivity index (χ0) is 37.9. The lowest BCUT2D eigenvalue weighted by Crippen LogP contribution is -2.23. The number of ether oxygens (including phenoxy) is 1. The Kier molecular flexibility index (Phi) is 13.1. The number of para-hydroxylation sites is 1. The second kappa shape index (κ2) is 18.1. The summed E-state index contributed by atoms with van der Waals surface area (Å²) < 4.78 is 21.5. The fourth-order valence-corrected chi connectivity index (χ4v) is 6.37. The number of halogens is 1. The standard InChI is InChI=1S/C41H42FN3O8/c1-27(2)39-38(41(49)43-33-15-7-4-8-16-33)37(28-11-5-3-6-12-28)40(29-17-19-32(42)20-18-29)44(39)22-21-34(46)23-35(47)24-36(48)52-25-30-13-9-10-14-31(30)26-53-45(50)51/h3-20,27,34-35,46-47H,21-26H2,1-2H3,(H,43,49)/t34-,35-/m0/s1. The minimum Gasteiger partial charge on any atom is -0.461 e. The van der Waals surface area contributed by atoms with Gasteiger partial charge in [0, 0.05) is 23.5 Å². The topological polar surface area (TPSA) is 153 Å². The summed E-state index contributed by atoms with van der Waals surface area (Å²) >= 11 is 0. The van der Waals surface area contributed by atoms with Gasteiger partial charge >= 0.3 is 5.97 Å². The third-order valence-electron chi connectivity index (χ3n) is 8.75. The molecule has 1 aromatic heterocycles. The second-order valence-electron chi connectivity index (χ2n) is 12.9. The predicted octanol–water partition coefficient (Wildman–Crippen LogP) is 7.68. The van der Waals surface area contributed by atoms with Crippen LogP contribution in [0.25, 0.3) is 22.4 Å². The predicted molar refractivity (Wildman–Crippen MR) is 198 cm³/mol. The first-order valence-corrected chi connectivity index (χ1v) is 17.3. The van der Waals surface area contributed by atoms with Crippen molar-refractivity contribution in [3.05, 3.63) is 148 Å². The summed E-state index contributed by atoms with van der Waals surface area (Å²) in [5.41, 5.74) is 5.61. The Balaban J connectivity index is 1.38. The van der Waals surface area contributed by atoms with Gasteiger partial charge in [0.1, 0.15) is 19.0 Å². The van der Waals surface area contributed by atoms with Gasteiger partial charge in [-0.3, -0.25) is 9.59 Å². The molecule has 53 heavy (non-hydrogen) atoms. The van der Waals surface area contributed by atoms with Gasteiger partial charge in [0.25, 0.3) is 11.0 Å². The molecule has 0 aliphatic heterocycles. The van der Waals surface area contributed by atoms with Crippen molar-refractivity contribution in [3.63, 3.8) is 0 Å². The van der Waals surface area contributed by atoms with Gasteiger partial charge in [-0.1, -0.05) is 86.6 Å². The molecule has 0 radical (unpaired) electrons. The second-order valence-corrected chi connectivity index (χ2v) is 12.9. The van der Waals surface area contributed by atoms with Crippen molar-refractivity contribution >= 4 is 17.6 Å². The minimum absolute atomic E-state index is 0.126. The van der Waals surface area contributed by atoms with E-state index in [1.54, 1.807) is 48.5 Å². The number of esters is 1. The Morgan fingerprint density at radius 3 is 2.06 bits per heavy atom. The number of nitrogens with zero attached hydrogens (tertiary/aromatic N) is 2. The Hall–Kier alpha value is -5.85.